The van der Waals surface area contributed by atoms with E-state index in [0.717, 1.165) is 29.9 Å². The lowest BCUT2D eigenvalue weighted by Crippen LogP contribution is -2.36. The number of aryl methyl sites for hydroxylation is 3. The summed E-state index contributed by atoms with van der Waals surface area (Å²) in [7, 11) is 0. The van der Waals surface area contributed by atoms with Crippen molar-refractivity contribution in [2.75, 3.05) is 6.54 Å². The van der Waals surface area contributed by atoms with Gasteiger partial charge in [-0.2, -0.15) is 0 Å². The number of rotatable bonds is 9. The van der Waals surface area contributed by atoms with Gasteiger partial charge in [0.05, 0.1) is 6.10 Å². The molecule has 0 fully saturated rings. The first-order valence-electron chi connectivity index (χ1n) is 9.62. The highest BCUT2D eigenvalue weighted by atomic mass is 16.5. The highest BCUT2D eigenvalue weighted by Crippen LogP contribution is 2.18. The van der Waals surface area contributed by atoms with Crippen molar-refractivity contribution in [3.63, 3.8) is 0 Å². The molecule has 1 N–H and O–H groups in total. The maximum Gasteiger partial charge on any atom is 0.260 e. The summed E-state index contributed by atoms with van der Waals surface area (Å²) < 4.78 is 11.5. The molecule has 0 heterocycles. The molecule has 1 atom stereocenters. The normalized spacial score (nSPS) is 11.9. The first kappa shape index (κ1) is 20.8. The minimum absolute atomic E-state index is 0.0925. The van der Waals surface area contributed by atoms with Crippen LogP contribution in [0.3, 0.4) is 0 Å². The van der Waals surface area contributed by atoms with Crippen LogP contribution in [0.2, 0.25) is 0 Å². The average molecular weight is 370 g/mol. The van der Waals surface area contributed by atoms with Gasteiger partial charge in [0.15, 0.2) is 6.10 Å². The summed E-state index contributed by atoms with van der Waals surface area (Å²) in [6, 6.07) is 14.0. The van der Waals surface area contributed by atoms with Gasteiger partial charge in [-0.1, -0.05) is 18.2 Å². The SMILES string of the molecule is Cc1ccc(OC(C)C(=O)NCCCc2cccc(OC(C)C)c2)cc1C. The molecule has 0 saturated heterocycles. The third kappa shape index (κ3) is 6.97. The van der Waals surface area contributed by atoms with Gasteiger partial charge >= 0.3 is 0 Å². The predicted molar refractivity (Wildman–Crippen MR) is 110 cm³/mol. The lowest BCUT2D eigenvalue weighted by molar-refractivity contribution is -0.127. The van der Waals surface area contributed by atoms with Crippen molar-refractivity contribution in [2.45, 2.75) is 59.7 Å². The fourth-order valence-electron chi connectivity index (χ4n) is 2.74. The average Bonchev–Trinajstić information content (AvgIpc) is 2.61. The van der Waals surface area contributed by atoms with Gasteiger partial charge in [-0.3, -0.25) is 4.79 Å². The Morgan fingerprint density at radius 1 is 0.963 bits per heavy atom. The molecule has 2 rings (SSSR count). The van der Waals surface area contributed by atoms with Crippen LogP contribution in [-0.4, -0.2) is 24.7 Å². The highest BCUT2D eigenvalue weighted by molar-refractivity contribution is 5.80. The Kier molecular flexibility index (Phi) is 7.71. The first-order chi connectivity index (χ1) is 12.8. The second kappa shape index (κ2) is 10.0. The van der Waals surface area contributed by atoms with Crippen molar-refractivity contribution in [3.05, 3.63) is 59.2 Å². The lowest BCUT2D eigenvalue weighted by atomic mass is 10.1. The topological polar surface area (TPSA) is 47.6 Å². The van der Waals surface area contributed by atoms with Gasteiger partial charge in [0.25, 0.3) is 5.91 Å². The van der Waals surface area contributed by atoms with E-state index in [1.165, 1.54) is 11.1 Å². The number of amides is 1. The number of hydrogen-bond donors (Lipinski definition) is 1. The third-order valence-corrected chi connectivity index (χ3v) is 4.37. The fourth-order valence-corrected chi connectivity index (χ4v) is 2.74. The van der Waals surface area contributed by atoms with Crippen LogP contribution < -0.4 is 14.8 Å². The van der Waals surface area contributed by atoms with E-state index in [1.54, 1.807) is 6.92 Å². The predicted octanol–water partition coefficient (Wildman–Crippen LogP) is 4.61. The molecular weight excluding hydrogens is 338 g/mol. The fraction of sp³-hybridized carbons (Fsp3) is 0.435. The van der Waals surface area contributed by atoms with E-state index < -0.39 is 6.10 Å². The Labute approximate surface area is 162 Å². The molecule has 0 spiro atoms. The molecule has 4 nitrogen and oxygen atoms in total. The maximum atomic E-state index is 12.2. The Morgan fingerprint density at radius 3 is 2.41 bits per heavy atom. The Balaban J connectivity index is 1.74. The van der Waals surface area contributed by atoms with Crippen molar-refractivity contribution >= 4 is 5.91 Å². The smallest absolute Gasteiger partial charge is 0.260 e. The molecule has 2 aromatic rings. The van der Waals surface area contributed by atoms with E-state index in [0.29, 0.717) is 6.54 Å². The van der Waals surface area contributed by atoms with Crippen molar-refractivity contribution in [1.82, 2.24) is 5.32 Å². The zero-order valence-electron chi connectivity index (χ0n) is 17.0. The zero-order valence-corrected chi connectivity index (χ0v) is 17.0. The van der Waals surface area contributed by atoms with Gasteiger partial charge in [-0.15, -0.1) is 0 Å². The minimum Gasteiger partial charge on any atom is -0.491 e. The number of nitrogens with one attached hydrogen (secondary N) is 1. The second-order valence-corrected chi connectivity index (χ2v) is 7.21. The van der Waals surface area contributed by atoms with Gasteiger partial charge in [0, 0.05) is 6.54 Å². The van der Waals surface area contributed by atoms with Crippen LogP contribution in [0.5, 0.6) is 11.5 Å². The van der Waals surface area contributed by atoms with E-state index in [-0.39, 0.29) is 12.0 Å². The minimum atomic E-state index is -0.519. The van der Waals surface area contributed by atoms with Crippen LogP contribution in [0.4, 0.5) is 0 Å². The van der Waals surface area contributed by atoms with Crippen molar-refractivity contribution < 1.29 is 14.3 Å². The van der Waals surface area contributed by atoms with Gasteiger partial charge in [-0.25, -0.2) is 0 Å². The van der Waals surface area contributed by atoms with E-state index in [9.17, 15) is 4.79 Å². The van der Waals surface area contributed by atoms with Crippen LogP contribution in [0.1, 0.15) is 43.9 Å². The van der Waals surface area contributed by atoms with Gasteiger partial charge < -0.3 is 14.8 Å². The van der Waals surface area contributed by atoms with Crippen LogP contribution >= 0.6 is 0 Å². The molecule has 0 aliphatic carbocycles. The van der Waals surface area contributed by atoms with E-state index in [4.69, 9.17) is 9.47 Å². The largest absolute Gasteiger partial charge is 0.491 e. The number of ether oxygens (including phenoxy) is 2. The van der Waals surface area contributed by atoms with Gasteiger partial charge in [-0.05, 0) is 88.4 Å². The van der Waals surface area contributed by atoms with E-state index in [2.05, 4.69) is 24.4 Å². The summed E-state index contributed by atoms with van der Waals surface area (Å²) in [6.07, 6.45) is 1.41. The monoisotopic (exact) mass is 369 g/mol. The summed E-state index contributed by atoms with van der Waals surface area (Å²) in [5.74, 6) is 1.52. The molecule has 1 unspecified atom stereocenters. The molecule has 146 valence electrons. The number of benzene rings is 2. The molecule has 0 saturated carbocycles. The highest BCUT2D eigenvalue weighted by Gasteiger charge is 2.14. The molecule has 4 heteroatoms. The summed E-state index contributed by atoms with van der Waals surface area (Å²) in [4.78, 5) is 12.2. The molecule has 27 heavy (non-hydrogen) atoms. The van der Waals surface area contributed by atoms with Crippen LogP contribution in [0.15, 0.2) is 42.5 Å². The van der Waals surface area contributed by atoms with Crippen LogP contribution in [-0.2, 0) is 11.2 Å². The summed E-state index contributed by atoms with van der Waals surface area (Å²) in [5, 5.41) is 2.95. The molecule has 0 bridgehead atoms. The number of carbonyl (C=O) groups excluding carboxylic acids is 1. The summed E-state index contributed by atoms with van der Waals surface area (Å²) in [6.45, 7) is 10.5. The van der Waals surface area contributed by atoms with Crippen molar-refractivity contribution in [1.29, 1.82) is 0 Å². The standard InChI is InChI=1S/C23H31NO3/c1-16(2)26-21-10-6-8-20(15-21)9-7-13-24-23(25)19(5)27-22-12-11-17(3)18(4)14-22/h6,8,10-12,14-16,19H,7,9,13H2,1-5H3,(H,24,25). The van der Waals surface area contributed by atoms with Crippen molar-refractivity contribution in [3.8, 4) is 11.5 Å². The lowest BCUT2D eigenvalue weighted by Gasteiger charge is -2.15. The Morgan fingerprint density at radius 2 is 1.70 bits per heavy atom. The Hall–Kier alpha value is -2.49. The first-order valence-corrected chi connectivity index (χ1v) is 9.62. The molecule has 1 amide bonds. The number of carbonyl (C=O) groups is 1. The maximum absolute atomic E-state index is 12.2. The molecule has 0 radical (unpaired) electrons. The molecule has 2 aromatic carbocycles. The van der Waals surface area contributed by atoms with Crippen LogP contribution in [0.25, 0.3) is 0 Å². The molecular formula is C23H31NO3. The van der Waals surface area contributed by atoms with E-state index >= 15 is 0 Å². The van der Waals surface area contributed by atoms with Crippen LogP contribution in [0, 0.1) is 13.8 Å². The van der Waals surface area contributed by atoms with Gasteiger partial charge in [0.1, 0.15) is 11.5 Å². The molecule has 0 aromatic heterocycles. The quantitative estimate of drug-likeness (QED) is 0.657. The second-order valence-electron chi connectivity index (χ2n) is 7.21. The summed E-state index contributed by atoms with van der Waals surface area (Å²) in [5.41, 5.74) is 3.58. The van der Waals surface area contributed by atoms with Gasteiger partial charge in [0.2, 0.25) is 0 Å². The Bertz CT molecular complexity index is 755. The number of hydrogen-bond acceptors (Lipinski definition) is 3. The molecule has 0 aliphatic rings. The van der Waals surface area contributed by atoms with Crippen molar-refractivity contribution in [2.24, 2.45) is 0 Å². The molecule has 0 aliphatic heterocycles. The van der Waals surface area contributed by atoms with E-state index in [1.807, 2.05) is 51.1 Å². The zero-order chi connectivity index (χ0) is 19.8. The summed E-state index contributed by atoms with van der Waals surface area (Å²) >= 11 is 0. The third-order valence-electron chi connectivity index (χ3n) is 4.37.